The van der Waals surface area contributed by atoms with Crippen LogP contribution in [0, 0.1) is 11.8 Å². The van der Waals surface area contributed by atoms with Crippen LogP contribution in [0.4, 0.5) is 0 Å². The predicted molar refractivity (Wildman–Crippen MR) is 70.0 cm³/mol. The maximum absolute atomic E-state index is 12.1. The number of hydrogen-bond donors (Lipinski definition) is 2. The van der Waals surface area contributed by atoms with Gasteiger partial charge in [0.2, 0.25) is 0 Å². The van der Waals surface area contributed by atoms with Crippen molar-refractivity contribution in [2.45, 2.75) is 32.7 Å². The quantitative estimate of drug-likeness (QED) is 0.872. The molecule has 1 amide bonds. The fraction of sp³-hybridized carbons (Fsp3) is 0.500. The summed E-state index contributed by atoms with van der Waals surface area (Å²) in [6, 6.07) is 3.01. The van der Waals surface area contributed by atoms with E-state index in [2.05, 4.69) is 24.1 Å². The van der Waals surface area contributed by atoms with Gasteiger partial charge in [-0.15, -0.1) is 0 Å². The second-order valence-electron chi connectivity index (χ2n) is 5.20. The van der Waals surface area contributed by atoms with Gasteiger partial charge < -0.3 is 10.4 Å². The van der Waals surface area contributed by atoms with Crippen LogP contribution in [-0.4, -0.2) is 28.0 Å². The number of nitrogens with zero attached hydrogens (tertiary/aromatic N) is 1. The van der Waals surface area contributed by atoms with Crippen molar-refractivity contribution < 1.29 is 14.7 Å². The van der Waals surface area contributed by atoms with Crippen LogP contribution in [0.15, 0.2) is 18.3 Å². The Kier molecular flexibility index (Phi) is 3.83. The molecule has 1 aromatic rings. The van der Waals surface area contributed by atoms with Crippen molar-refractivity contribution >= 4 is 11.9 Å². The number of carbonyl (C=O) groups excluding carboxylic acids is 1. The summed E-state index contributed by atoms with van der Waals surface area (Å²) < 4.78 is 0. The molecular weight excluding hydrogens is 244 g/mol. The van der Waals surface area contributed by atoms with Gasteiger partial charge in [0, 0.05) is 12.2 Å². The first-order chi connectivity index (χ1) is 9.00. The monoisotopic (exact) mass is 262 g/mol. The molecule has 0 saturated heterocycles. The van der Waals surface area contributed by atoms with Crippen LogP contribution in [0.3, 0.4) is 0 Å². The highest BCUT2D eigenvalue weighted by atomic mass is 16.4. The fourth-order valence-electron chi connectivity index (χ4n) is 2.56. The van der Waals surface area contributed by atoms with Gasteiger partial charge in [-0.25, -0.2) is 4.79 Å². The highest BCUT2D eigenvalue weighted by molar-refractivity contribution is 6.03. The molecule has 5 heteroatoms. The number of carbonyl (C=O) groups is 2. The zero-order valence-electron chi connectivity index (χ0n) is 11.1. The zero-order chi connectivity index (χ0) is 14.0. The fourth-order valence-corrected chi connectivity index (χ4v) is 2.56. The summed E-state index contributed by atoms with van der Waals surface area (Å²) in [5, 5.41) is 12.0. The number of pyridine rings is 1. The number of carboxylic acid groups (broad SMARTS) is 1. The van der Waals surface area contributed by atoms with Crippen molar-refractivity contribution in [2.75, 3.05) is 0 Å². The van der Waals surface area contributed by atoms with Crippen molar-refractivity contribution in [3.63, 3.8) is 0 Å². The van der Waals surface area contributed by atoms with Gasteiger partial charge in [-0.3, -0.25) is 9.78 Å². The third-order valence-electron chi connectivity index (χ3n) is 4.03. The standard InChI is InChI=1S/C14H18N2O3/c1-8-5-6-11(9(8)2)16-13(17)12-10(14(18)19)4-3-7-15-12/h3-4,7-9,11H,5-6H2,1-2H3,(H,16,17)(H,18,19). The van der Waals surface area contributed by atoms with E-state index >= 15 is 0 Å². The smallest absolute Gasteiger partial charge is 0.338 e. The zero-order valence-corrected chi connectivity index (χ0v) is 11.1. The summed E-state index contributed by atoms with van der Waals surface area (Å²) in [4.78, 5) is 27.1. The number of amides is 1. The molecule has 0 bridgehead atoms. The number of carboxylic acids is 1. The Morgan fingerprint density at radius 2 is 2.11 bits per heavy atom. The molecule has 1 fully saturated rings. The first-order valence-electron chi connectivity index (χ1n) is 6.50. The molecule has 0 aliphatic heterocycles. The number of nitrogens with one attached hydrogen (secondary N) is 1. The van der Waals surface area contributed by atoms with E-state index in [1.54, 1.807) is 0 Å². The van der Waals surface area contributed by atoms with Gasteiger partial charge in [0.05, 0.1) is 5.56 Å². The minimum absolute atomic E-state index is 0.0123. The molecule has 1 saturated carbocycles. The third-order valence-corrected chi connectivity index (χ3v) is 4.03. The molecule has 0 radical (unpaired) electrons. The Hall–Kier alpha value is -1.91. The lowest BCUT2D eigenvalue weighted by Crippen LogP contribution is -2.38. The molecule has 0 aromatic carbocycles. The van der Waals surface area contributed by atoms with Gasteiger partial charge in [-0.2, -0.15) is 0 Å². The van der Waals surface area contributed by atoms with Gasteiger partial charge in [0.1, 0.15) is 5.69 Å². The lowest BCUT2D eigenvalue weighted by molar-refractivity contribution is 0.0689. The van der Waals surface area contributed by atoms with Crippen molar-refractivity contribution in [2.24, 2.45) is 11.8 Å². The van der Waals surface area contributed by atoms with Gasteiger partial charge >= 0.3 is 5.97 Å². The minimum Gasteiger partial charge on any atom is -0.478 e. The molecule has 2 rings (SSSR count). The highest BCUT2D eigenvalue weighted by Gasteiger charge is 2.31. The van der Waals surface area contributed by atoms with E-state index in [0.29, 0.717) is 11.8 Å². The molecule has 102 valence electrons. The highest BCUT2D eigenvalue weighted by Crippen LogP contribution is 2.31. The Morgan fingerprint density at radius 3 is 2.68 bits per heavy atom. The van der Waals surface area contributed by atoms with E-state index in [0.717, 1.165) is 12.8 Å². The van der Waals surface area contributed by atoms with Gasteiger partial charge in [-0.1, -0.05) is 13.8 Å². The van der Waals surface area contributed by atoms with Crippen LogP contribution < -0.4 is 5.32 Å². The normalized spacial score (nSPS) is 26.1. The number of hydrogen-bond acceptors (Lipinski definition) is 3. The Labute approximate surface area is 112 Å². The van der Waals surface area contributed by atoms with Crippen molar-refractivity contribution in [1.82, 2.24) is 10.3 Å². The van der Waals surface area contributed by atoms with Crippen LogP contribution in [0.5, 0.6) is 0 Å². The Balaban J connectivity index is 2.15. The van der Waals surface area contributed by atoms with Gasteiger partial charge in [-0.05, 0) is 36.8 Å². The maximum atomic E-state index is 12.1. The molecule has 0 spiro atoms. The summed E-state index contributed by atoms with van der Waals surface area (Å²) in [6.45, 7) is 4.28. The van der Waals surface area contributed by atoms with Crippen LogP contribution in [0.2, 0.25) is 0 Å². The summed E-state index contributed by atoms with van der Waals surface area (Å²) in [5.74, 6) is -0.552. The van der Waals surface area contributed by atoms with E-state index in [-0.39, 0.29) is 17.3 Å². The van der Waals surface area contributed by atoms with E-state index < -0.39 is 11.9 Å². The summed E-state index contributed by atoms with van der Waals surface area (Å²) in [6.07, 6.45) is 3.45. The Morgan fingerprint density at radius 1 is 1.37 bits per heavy atom. The van der Waals surface area contributed by atoms with Crippen molar-refractivity contribution in [3.05, 3.63) is 29.6 Å². The maximum Gasteiger partial charge on any atom is 0.338 e. The molecule has 1 aliphatic rings. The predicted octanol–water partition coefficient (Wildman–Crippen LogP) is 1.94. The molecule has 3 unspecified atom stereocenters. The molecule has 3 atom stereocenters. The van der Waals surface area contributed by atoms with E-state index in [4.69, 9.17) is 5.11 Å². The van der Waals surface area contributed by atoms with Crippen LogP contribution in [0.25, 0.3) is 0 Å². The van der Waals surface area contributed by atoms with E-state index in [9.17, 15) is 9.59 Å². The SMILES string of the molecule is CC1CCC(NC(=O)c2ncccc2C(=O)O)C1C. The van der Waals surface area contributed by atoms with Crippen LogP contribution in [-0.2, 0) is 0 Å². The van der Waals surface area contributed by atoms with Crippen LogP contribution in [0.1, 0.15) is 47.5 Å². The lowest BCUT2D eigenvalue weighted by Gasteiger charge is -2.19. The average molecular weight is 262 g/mol. The van der Waals surface area contributed by atoms with Gasteiger partial charge in [0.25, 0.3) is 5.91 Å². The molecule has 1 heterocycles. The molecule has 1 aliphatic carbocycles. The Bertz CT molecular complexity index is 501. The molecule has 19 heavy (non-hydrogen) atoms. The third kappa shape index (κ3) is 2.75. The summed E-state index contributed by atoms with van der Waals surface area (Å²) in [5.41, 5.74) is -0.0690. The molecular formula is C14H18N2O3. The minimum atomic E-state index is -1.13. The average Bonchev–Trinajstić information content (AvgIpc) is 2.70. The van der Waals surface area contributed by atoms with Crippen molar-refractivity contribution in [1.29, 1.82) is 0 Å². The topological polar surface area (TPSA) is 79.3 Å². The largest absolute Gasteiger partial charge is 0.478 e. The summed E-state index contributed by atoms with van der Waals surface area (Å²) >= 11 is 0. The van der Waals surface area contributed by atoms with E-state index in [1.165, 1.54) is 18.3 Å². The number of aromatic nitrogens is 1. The van der Waals surface area contributed by atoms with Gasteiger partial charge in [0.15, 0.2) is 0 Å². The van der Waals surface area contributed by atoms with Crippen molar-refractivity contribution in [3.8, 4) is 0 Å². The second-order valence-corrected chi connectivity index (χ2v) is 5.20. The molecule has 1 aromatic heterocycles. The number of aromatic carboxylic acids is 1. The second kappa shape index (κ2) is 5.38. The number of rotatable bonds is 3. The van der Waals surface area contributed by atoms with Crippen LogP contribution >= 0.6 is 0 Å². The van der Waals surface area contributed by atoms with E-state index in [1.807, 2.05) is 0 Å². The first kappa shape index (κ1) is 13.5. The first-order valence-corrected chi connectivity index (χ1v) is 6.50. The summed E-state index contributed by atoms with van der Waals surface area (Å²) in [7, 11) is 0. The molecule has 5 nitrogen and oxygen atoms in total. The molecule has 2 N–H and O–H groups in total. The lowest BCUT2D eigenvalue weighted by atomic mass is 9.97.